The molecular weight excluding hydrogens is 288 g/mol. The molecule has 2 rings (SSSR count). The number of nitro groups is 2. The van der Waals surface area contributed by atoms with Crippen molar-refractivity contribution in [1.82, 2.24) is 20.6 Å². The molecule has 0 spiro atoms. The molecule has 13 heteroatoms. The Morgan fingerprint density at radius 3 is 2.67 bits per heavy atom. The van der Waals surface area contributed by atoms with E-state index >= 15 is 0 Å². The van der Waals surface area contributed by atoms with Gasteiger partial charge in [0.25, 0.3) is 11.6 Å². The minimum Gasteiger partial charge on any atom is -0.502 e. The van der Waals surface area contributed by atoms with Crippen molar-refractivity contribution in [2.75, 3.05) is 5.43 Å². The van der Waals surface area contributed by atoms with E-state index in [1.54, 1.807) is 0 Å². The number of hydrazone groups is 1. The Kier molecular flexibility index (Phi) is 3.65. The number of hydrogen-bond donors (Lipinski definition) is 3. The molecule has 0 bridgehead atoms. The lowest BCUT2D eigenvalue weighted by molar-refractivity contribution is -0.394. The maximum Gasteiger partial charge on any atom is 0.318 e. The number of aromatic amines is 1. The lowest BCUT2D eigenvalue weighted by Gasteiger charge is -2.00. The van der Waals surface area contributed by atoms with E-state index in [4.69, 9.17) is 0 Å². The molecule has 1 aromatic carbocycles. The highest BCUT2D eigenvalue weighted by atomic mass is 16.6. The third-order valence-corrected chi connectivity index (χ3v) is 2.23. The summed E-state index contributed by atoms with van der Waals surface area (Å²) in [6.07, 6.45) is 0.950. The largest absolute Gasteiger partial charge is 0.502 e. The molecule has 0 saturated heterocycles. The average molecular weight is 294 g/mol. The third-order valence-electron chi connectivity index (χ3n) is 2.23. The Hall–Kier alpha value is -3.64. The monoisotopic (exact) mass is 294 g/mol. The summed E-state index contributed by atoms with van der Waals surface area (Å²) >= 11 is 0. The first-order chi connectivity index (χ1) is 9.99. The Labute approximate surface area is 114 Å². The number of aromatic nitrogens is 4. The number of nitro benzene ring substituents is 2. The zero-order chi connectivity index (χ0) is 15.4. The number of tetrazole rings is 1. The van der Waals surface area contributed by atoms with Crippen molar-refractivity contribution in [3.8, 4) is 5.75 Å². The van der Waals surface area contributed by atoms with Crippen LogP contribution in [0.25, 0.3) is 0 Å². The number of nitrogens with zero attached hydrogens (tertiary/aromatic N) is 6. The van der Waals surface area contributed by atoms with Gasteiger partial charge in [-0.1, -0.05) is 5.10 Å². The van der Waals surface area contributed by atoms with Gasteiger partial charge in [-0.3, -0.25) is 20.2 Å². The molecular formula is C8H6N8O5. The van der Waals surface area contributed by atoms with Crippen molar-refractivity contribution < 1.29 is 15.0 Å². The Morgan fingerprint density at radius 1 is 1.33 bits per heavy atom. The predicted molar refractivity (Wildman–Crippen MR) is 66.8 cm³/mol. The highest BCUT2D eigenvalue weighted by molar-refractivity contribution is 5.87. The highest BCUT2D eigenvalue weighted by Gasteiger charge is 2.23. The zero-order valence-corrected chi connectivity index (χ0v) is 10.00. The quantitative estimate of drug-likeness (QED) is 0.392. The van der Waals surface area contributed by atoms with Gasteiger partial charge in [0, 0.05) is 6.07 Å². The molecule has 0 aliphatic carbocycles. The van der Waals surface area contributed by atoms with Gasteiger partial charge in [-0.05, 0) is 5.21 Å². The minimum atomic E-state index is -0.938. The van der Waals surface area contributed by atoms with Crippen LogP contribution in [0.4, 0.5) is 17.3 Å². The number of anilines is 1. The van der Waals surface area contributed by atoms with E-state index in [0.717, 1.165) is 12.3 Å². The second kappa shape index (κ2) is 5.55. The predicted octanol–water partition coefficient (Wildman–Crippen LogP) is 0.168. The van der Waals surface area contributed by atoms with Gasteiger partial charge in [-0.15, -0.1) is 5.10 Å². The smallest absolute Gasteiger partial charge is 0.318 e. The number of benzene rings is 1. The number of rotatable bonds is 5. The van der Waals surface area contributed by atoms with Crippen LogP contribution < -0.4 is 5.43 Å². The summed E-state index contributed by atoms with van der Waals surface area (Å²) in [5, 5.41) is 47.1. The molecule has 0 radical (unpaired) electrons. The van der Waals surface area contributed by atoms with Crippen molar-refractivity contribution in [2.24, 2.45) is 5.10 Å². The molecule has 21 heavy (non-hydrogen) atoms. The van der Waals surface area contributed by atoms with Crippen molar-refractivity contribution >= 4 is 23.5 Å². The van der Waals surface area contributed by atoms with Crippen LogP contribution in [-0.2, 0) is 0 Å². The molecule has 0 amide bonds. The Morgan fingerprint density at radius 2 is 2.10 bits per heavy atom. The fourth-order valence-electron chi connectivity index (χ4n) is 1.34. The summed E-state index contributed by atoms with van der Waals surface area (Å²) in [5.74, 6) is -0.741. The van der Waals surface area contributed by atoms with E-state index in [0.29, 0.717) is 6.07 Å². The summed E-state index contributed by atoms with van der Waals surface area (Å²) in [5.41, 5.74) is 0.729. The first kappa shape index (κ1) is 13.8. The van der Waals surface area contributed by atoms with Crippen molar-refractivity contribution in [3.05, 3.63) is 37.9 Å². The number of H-pyrrole nitrogens is 1. The van der Waals surface area contributed by atoms with Gasteiger partial charge < -0.3 is 5.11 Å². The molecule has 0 saturated carbocycles. The lowest BCUT2D eigenvalue weighted by Crippen LogP contribution is -1.98. The Bertz CT molecular complexity index is 712. The number of phenols is 1. The van der Waals surface area contributed by atoms with Crippen molar-refractivity contribution in [1.29, 1.82) is 0 Å². The summed E-state index contributed by atoms with van der Waals surface area (Å²) in [6.45, 7) is 0. The molecule has 0 atom stereocenters. The Balaban J connectivity index is 2.35. The molecule has 0 aliphatic heterocycles. The maximum absolute atomic E-state index is 10.7. The van der Waals surface area contributed by atoms with Gasteiger partial charge in [-0.25, -0.2) is 5.43 Å². The molecule has 0 unspecified atom stereocenters. The molecule has 2 aromatic rings. The van der Waals surface area contributed by atoms with Crippen molar-refractivity contribution in [2.45, 2.75) is 0 Å². The summed E-state index contributed by atoms with van der Waals surface area (Å²) in [6, 6.07) is 1.59. The molecule has 108 valence electrons. The van der Waals surface area contributed by atoms with Crippen LogP contribution in [-0.4, -0.2) is 41.8 Å². The van der Waals surface area contributed by atoms with E-state index in [2.05, 4.69) is 31.2 Å². The average Bonchev–Trinajstić information content (AvgIpc) is 2.93. The van der Waals surface area contributed by atoms with E-state index in [1.807, 2.05) is 0 Å². The highest BCUT2D eigenvalue weighted by Crippen LogP contribution is 2.33. The second-order valence-electron chi connectivity index (χ2n) is 3.52. The lowest BCUT2D eigenvalue weighted by atomic mass is 10.1. The van der Waals surface area contributed by atoms with E-state index < -0.39 is 27.0 Å². The van der Waals surface area contributed by atoms with Gasteiger partial charge in [0.05, 0.1) is 27.7 Å². The van der Waals surface area contributed by atoms with Crippen LogP contribution in [0.2, 0.25) is 0 Å². The van der Waals surface area contributed by atoms with Gasteiger partial charge >= 0.3 is 5.69 Å². The van der Waals surface area contributed by atoms with Gasteiger partial charge in [0.15, 0.2) is 0 Å². The number of aromatic hydroxyl groups is 1. The number of nitrogens with one attached hydrogen (secondary N) is 2. The molecule has 1 aromatic heterocycles. The molecule has 0 fully saturated rings. The first-order valence-electron chi connectivity index (χ1n) is 5.17. The fraction of sp³-hybridized carbons (Fsp3) is 0. The standard InChI is InChI=1S/C8H6N8O5/c17-7-4(3-9-10-8-11-13-14-12-8)1-5(15(18)19)2-6(7)16(20)21/h1-3,17H,(H2,10,11,12,13,14). The summed E-state index contributed by atoms with van der Waals surface area (Å²) in [4.78, 5) is 19.7. The van der Waals surface area contributed by atoms with Gasteiger partial charge in [0.2, 0.25) is 5.75 Å². The van der Waals surface area contributed by atoms with E-state index in [9.17, 15) is 25.3 Å². The molecule has 13 nitrogen and oxygen atoms in total. The molecule has 0 aliphatic rings. The van der Waals surface area contributed by atoms with E-state index in [1.165, 1.54) is 0 Å². The van der Waals surface area contributed by atoms with E-state index in [-0.39, 0.29) is 11.5 Å². The fourth-order valence-corrected chi connectivity index (χ4v) is 1.34. The number of phenolic OH excluding ortho intramolecular Hbond substituents is 1. The molecule has 1 heterocycles. The topological polar surface area (TPSA) is 185 Å². The normalized spacial score (nSPS) is 10.7. The third kappa shape index (κ3) is 3.03. The maximum atomic E-state index is 10.7. The van der Waals surface area contributed by atoms with Crippen LogP contribution in [0.3, 0.4) is 0 Å². The number of hydrogen-bond acceptors (Lipinski definition) is 10. The summed E-state index contributed by atoms with van der Waals surface area (Å²) < 4.78 is 0. The van der Waals surface area contributed by atoms with Crippen LogP contribution in [0.15, 0.2) is 17.2 Å². The van der Waals surface area contributed by atoms with Crippen LogP contribution in [0.1, 0.15) is 5.56 Å². The molecule has 3 N–H and O–H groups in total. The second-order valence-corrected chi connectivity index (χ2v) is 3.52. The zero-order valence-electron chi connectivity index (χ0n) is 10.00. The summed E-state index contributed by atoms with van der Waals surface area (Å²) in [7, 11) is 0. The first-order valence-corrected chi connectivity index (χ1v) is 5.17. The van der Waals surface area contributed by atoms with Crippen LogP contribution in [0, 0.1) is 20.2 Å². The number of non-ortho nitro benzene ring substituents is 1. The van der Waals surface area contributed by atoms with Gasteiger partial charge in [-0.2, -0.15) is 10.3 Å². The van der Waals surface area contributed by atoms with Crippen LogP contribution >= 0.6 is 0 Å². The van der Waals surface area contributed by atoms with Crippen molar-refractivity contribution in [3.63, 3.8) is 0 Å². The van der Waals surface area contributed by atoms with Gasteiger partial charge in [0.1, 0.15) is 0 Å². The minimum absolute atomic E-state index is 0.00525. The van der Waals surface area contributed by atoms with Crippen LogP contribution in [0.5, 0.6) is 5.75 Å². The SMILES string of the molecule is O=[N+]([O-])c1cc(C=NNc2nn[nH]n2)c(O)c([N+](=O)[O-])c1.